The second kappa shape index (κ2) is 5.13. The highest BCUT2D eigenvalue weighted by molar-refractivity contribution is 5.42. The van der Waals surface area contributed by atoms with Crippen molar-refractivity contribution >= 4 is 0 Å². The van der Waals surface area contributed by atoms with Crippen LogP contribution in [0.25, 0.3) is 11.6 Å². The van der Waals surface area contributed by atoms with E-state index in [0.29, 0.717) is 30.1 Å². The molecule has 6 heteroatoms. The van der Waals surface area contributed by atoms with Gasteiger partial charge in [-0.1, -0.05) is 18.0 Å². The minimum absolute atomic E-state index is 0.306. The van der Waals surface area contributed by atoms with Gasteiger partial charge in [-0.25, -0.2) is 4.98 Å². The number of rotatable bonds is 3. The van der Waals surface area contributed by atoms with Crippen LogP contribution >= 0.6 is 0 Å². The van der Waals surface area contributed by atoms with Gasteiger partial charge in [0.2, 0.25) is 11.7 Å². The standard InChI is InChI=1S/C13H19N5O/c1-18-7-6-15-12(18)11-16-13(19-17-11)10-5-3-2-4-9(10)8-14/h6-7,9-10H,2-5,8,14H2,1H3. The topological polar surface area (TPSA) is 82.8 Å². The Morgan fingerprint density at radius 2 is 2.26 bits per heavy atom. The van der Waals surface area contributed by atoms with Crippen LogP contribution < -0.4 is 5.73 Å². The van der Waals surface area contributed by atoms with E-state index in [1.54, 1.807) is 6.20 Å². The Morgan fingerprint density at radius 1 is 1.42 bits per heavy atom. The molecule has 2 aromatic heterocycles. The van der Waals surface area contributed by atoms with Gasteiger partial charge in [-0.2, -0.15) is 4.98 Å². The molecule has 0 bridgehead atoms. The predicted octanol–water partition coefficient (Wildman–Crippen LogP) is 1.70. The minimum atomic E-state index is 0.306. The summed E-state index contributed by atoms with van der Waals surface area (Å²) in [6.07, 6.45) is 8.30. The quantitative estimate of drug-likeness (QED) is 0.909. The molecule has 2 unspecified atom stereocenters. The van der Waals surface area contributed by atoms with Crippen molar-refractivity contribution < 1.29 is 4.52 Å². The summed E-state index contributed by atoms with van der Waals surface area (Å²) in [7, 11) is 1.92. The van der Waals surface area contributed by atoms with E-state index in [1.807, 2.05) is 17.8 Å². The zero-order valence-corrected chi connectivity index (χ0v) is 11.1. The van der Waals surface area contributed by atoms with Gasteiger partial charge < -0.3 is 14.8 Å². The summed E-state index contributed by atoms with van der Waals surface area (Å²) in [4.78, 5) is 8.76. The molecule has 1 fully saturated rings. The van der Waals surface area contributed by atoms with Gasteiger partial charge in [-0.05, 0) is 25.3 Å². The van der Waals surface area contributed by atoms with Gasteiger partial charge in [-0.3, -0.25) is 0 Å². The summed E-state index contributed by atoms with van der Waals surface area (Å²) >= 11 is 0. The van der Waals surface area contributed by atoms with Gasteiger partial charge in [-0.15, -0.1) is 0 Å². The van der Waals surface area contributed by atoms with E-state index >= 15 is 0 Å². The molecule has 1 aliphatic rings. The Kier molecular flexibility index (Phi) is 3.33. The molecule has 2 atom stereocenters. The van der Waals surface area contributed by atoms with Gasteiger partial charge in [0.1, 0.15) is 0 Å². The Hall–Kier alpha value is -1.69. The van der Waals surface area contributed by atoms with Gasteiger partial charge in [0, 0.05) is 25.4 Å². The number of hydrogen-bond donors (Lipinski definition) is 1. The Balaban J connectivity index is 1.86. The summed E-state index contributed by atoms with van der Waals surface area (Å²) in [5.74, 6) is 2.77. The van der Waals surface area contributed by atoms with E-state index in [9.17, 15) is 0 Å². The molecule has 1 aliphatic carbocycles. The van der Waals surface area contributed by atoms with Crippen molar-refractivity contribution in [1.82, 2.24) is 19.7 Å². The van der Waals surface area contributed by atoms with Gasteiger partial charge in [0.15, 0.2) is 5.82 Å². The molecule has 0 saturated heterocycles. The van der Waals surface area contributed by atoms with E-state index in [-0.39, 0.29) is 0 Å². The van der Waals surface area contributed by atoms with Crippen molar-refractivity contribution in [2.24, 2.45) is 18.7 Å². The molecule has 0 aromatic carbocycles. The average molecular weight is 261 g/mol. The summed E-state index contributed by atoms with van der Waals surface area (Å²) in [6.45, 7) is 0.685. The maximum atomic E-state index is 5.85. The van der Waals surface area contributed by atoms with Crippen LogP contribution in [0.3, 0.4) is 0 Å². The number of imidazole rings is 1. The lowest BCUT2D eigenvalue weighted by Crippen LogP contribution is -2.25. The van der Waals surface area contributed by atoms with Crippen molar-refractivity contribution in [3.05, 3.63) is 18.3 Å². The highest BCUT2D eigenvalue weighted by Crippen LogP contribution is 2.36. The first-order valence-electron chi connectivity index (χ1n) is 6.81. The third kappa shape index (κ3) is 2.28. The Bertz CT molecular complexity index is 547. The van der Waals surface area contributed by atoms with E-state index in [4.69, 9.17) is 10.3 Å². The summed E-state index contributed by atoms with van der Waals surface area (Å²) < 4.78 is 7.33. The van der Waals surface area contributed by atoms with E-state index in [0.717, 1.165) is 18.7 Å². The third-order valence-electron chi connectivity index (χ3n) is 3.99. The third-order valence-corrected chi connectivity index (χ3v) is 3.99. The van der Waals surface area contributed by atoms with E-state index in [1.165, 1.54) is 12.8 Å². The first kappa shape index (κ1) is 12.3. The molecule has 3 rings (SSSR count). The van der Waals surface area contributed by atoms with Crippen molar-refractivity contribution in [3.8, 4) is 11.6 Å². The smallest absolute Gasteiger partial charge is 0.238 e. The number of aryl methyl sites for hydroxylation is 1. The predicted molar refractivity (Wildman–Crippen MR) is 70.3 cm³/mol. The number of hydrogen-bond acceptors (Lipinski definition) is 5. The Labute approximate surface area is 112 Å². The molecular formula is C13H19N5O. The van der Waals surface area contributed by atoms with Crippen LogP contribution in [0.15, 0.2) is 16.9 Å². The zero-order chi connectivity index (χ0) is 13.2. The van der Waals surface area contributed by atoms with Gasteiger partial charge in [0.25, 0.3) is 0 Å². The average Bonchev–Trinajstić information content (AvgIpc) is 3.07. The minimum Gasteiger partial charge on any atom is -0.339 e. The van der Waals surface area contributed by atoms with Crippen LogP contribution in [-0.2, 0) is 7.05 Å². The normalized spacial score (nSPS) is 23.7. The zero-order valence-electron chi connectivity index (χ0n) is 11.1. The van der Waals surface area contributed by atoms with Crippen molar-refractivity contribution in [1.29, 1.82) is 0 Å². The lowest BCUT2D eigenvalue weighted by Gasteiger charge is -2.27. The van der Waals surface area contributed by atoms with E-state index in [2.05, 4.69) is 15.1 Å². The monoisotopic (exact) mass is 261 g/mol. The second-order valence-electron chi connectivity index (χ2n) is 5.20. The molecular weight excluding hydrogens is 242 g/mol. The van der Waals surface area contributed by atoms with Crippen molar-refractivity contribution in [2.45, 2.75) is 31.6 Å². The summed E-state index contributed by atoms with van der Waals surface area (Å²) in [5.41, 5.74) is 5.85. The first-order chi connectivity index (χ1) is 9.29. The highest BCUT2D eigenvalue weighted by atomic mass is 16.5. The fourth-order valence-electron chi connectivity index (χ4n) is 2.87. The molecule has 19 heavy (non-hydrogen) atoms. The summed E-state index contributed by atoms with van der Waals surface area (Å²) in [6, 6.07) is 0. The molecule has 0 radical (unpaired) electrons. The fraction of sp³-hybridized carbons (Fsp3) is 0.615. The molecule has 0 spiro atoms. The highest BCUT2D eigenvalue weighted by Gasteiger charge is 2.30. The molecule has 6 nitrogen and oxygen atoms in total. The molecule has 2 heterocycles. The Morgan fingerprint density at radius 3 is 3.00 bits per heavy atom. The van der Waals surface area contributed by atoms with Gasteiger partial charge in [0.05, 0.1) is 0 Å². The summed E-state index contributed by atoms with van der Waals surface area (Å²) in [5, 5.41) is 4.05. The van der Waals surface area contributed by atoms with Crippen molar-refractivity contribution in [2.75, 3.05) is 6.54 Å². The molecule has 102 valence electrons. The van der Waals surface area contributed by atoms with Gasteiger partial charge >= 0.3 is 0 Å². The lowest BCUT2D eigenvalue weighted by molar-refractivity contribution is 0.249. The molecule has 2 aromatic rings. The molecule has 2 N–H and O–H groups in total. The largest absolute Gasteiger partial charge is 0.339 e. The van der Waals surface area contributed by atoms with Crippen LogP contribution in [0.4, 0.5) is 0 Å². The number of nitrogens with two attached hydrogens (primary N) is 1. The number of aromatic nitrogens is 4. The number of nitrogens with zero attached hydrogens (tertiary/aromatic N) is 4. The molecule has 1 saturated carbocycles. The molecule has 0 amide bonds. The molecule has 0 aliphatic heterocycles. The maximum absolute atomic E-state index is 5.85. The van der Waals surface area contributed by atoms with Crippen LogP contribution in [0, 0.1) is 5.92 Å². The van der Waals surface area contributed by atoms with E-state index < -0.39 is 0 Å². The SMILES string of the molecule is Cn1ccnc1-c1noc(C2CCCCC2CN)n1. The van der Waals surface area contributed by atoms with Crippen LogP contribution in [0.5, 0.6) is 0 Å². The van der Waals surface area contributed by atoms with Crippen LogP contribution in [-0.4, -0.2) is 26.2 Å². The lowest BCUT2D eigenvalue weighted by atomic mass is 9.79. The maximum Gasteiger partial charge on any atom is 0.238 e. The first-order valence-corrected chi connectivity index (χ1v) is 6.81. The van der Waals surface area contributed by atoms with Crippen molar-refractivity contribution in [3.63, 3.8) is 0 Å². The second-order valence-corrected chi connectivity index (χ2v) is 5.20. The van der Waals surface area contributed by atoms with Crippen LogP contribution in [0.1, 0.15) is 37.5 Å². The van der Waals surface area contributed by atoms with Crippen LogP contribution in [0.2, 0.25) is 0 Å². The fourth-order valence-corrected chi connectivity index (χ4v) is 2.87.